The molecule has 1 aromatic carbocycles. The van der Waals surface area contributed by atoms with E-state index in [4.69, 9.17) is 0 Å². The minimum Gasteiger partial charge on any atom is -0.353 e. The maximum atomic E-state index is 12.1. The van der Waals surface area contributed by atoms with Gasteiger partial charge in [0.1, 0.15) is 0 Å². The van der Waals surface area contributed by atoms with Crippen LogP contribution < -0.4 is 5.32 Å². The van der Waals surface area contributed by atoms with E-state index in [2.05, 4.69) is 17.5 Å². The van der Waals surface area contributed by atoms with Gasteiger partial charge in [0.15, 0.2) is 0 Å². The molecule has 0 aliphatic carbocycles. The fourth-order valence-corrected chi connectivity index (χ4v) is 0.960. The molecule has 0 bridgehead atoms. The molecule has 0 radical (unpaired) electrons. The van der Waals surface area contributed by atoms with Gasteiger partial charge in [-0.1, -0.05) is 12.2 Å². The molecular formula is C8H6F3NS. The van der Waals surface area contributed by atoms with Crippen molar-refractivity contribution in [2.24, 2.45) is 0 Å². The van der Waals surface area contributed by atoms with Crippen LogP contribution in [0.5, 0.6) is 0 Å². The number of hydrogen-bond donors (Lipinski definition) is 1. The number of thiocarbonyl (C=S) groups is 1. The summed E-state index contributed by atoms with van der Waals surface area (Å²) in [6, 6.07) is 4.65. The van der Waals surface area contributed by atoms with Crippen molar-refractivity contribution in [2.75, 3.05) is 5.32 Å². The number of hydrogen-bond acceptors (Lipinski definition) is 1. The van der Waals surface area contributed by atoms with Crippen LogP contribution in [-0.2, 0) is 6.18 Å². The Kier molecular flexibility index (Phi) is 2.87. The molecule has 0 amide bonds. The van der Waals surface area contributed by atoms with E-state index in [1.54, 1.807) is 0 Å². The van der Waals surface area contributed by atoms with E-state index in [1.165, 1.54) is 17.6 Å². The van der Waals surface area contributed by atoms with Crippen LogP contribution >= 0.6 is 12.2 Å². The van der Waals surface area contributed by atoms with Crippen LogP contribution in [-0.4, -0.2) is 5.49 Å². The van der Waals surface area contributed by atoms with E-state index in [0.29, 0.717) is 5.69 Å². The van der Waals surface area contributed by atoms with E-state index in [-0.39, 0.29) is 0 Å². The second-order valence-corrected chi connectivity index (χ2v) is 2.57. The molecule has 1 N–H and O–H groups in total. The normalized spacial score (nSPS) is 11.0. The van der Waals surface area contributed by atoms with Gasteiger partial charge < -0.3 is 5.32 Å². The van der Waals surface area contributed by atoms with E-state index in [1.807, 2.05) is 0 Å². The number of halogens is 3. The van der Waals surface area contributed by atoms with Gasteiger partial charge in [-0.05, 0) is 24.3 Å². The fourth-order valence-electron chi connectivity index (χ4n) is 0.823. The van der Waals surface area contributed by atoms with Crippen LogP contribution in [0.3, 0.4) is 0 Å². The summed E-state index contributed by atoms with van der Waals surface area (Å²) in [6.07, 6.45) is -4.28. The van der Waals surface area contributed by atoms with Crippen LogP contribution in [0.25, 0.3) is 0 Å². The molecule has 0 saturated carbocycles. The predicted molar refractivity (Wildman–Crippen MR) is 48.7 cm³/mol. The van der Waals surface area contributed by atoms with Crippen molar-refractivity contribution in [3.63, 3.8) is 0 Å². The Hall–Kier alpha value is -1.10. The molecular weight excluding hydrogens is 199 g/mol. The second kappa shape index (κ2) is 3.74. The highest BCUT2D eigenvalue weighted by atomic mass is 32.1. The summed E-state index contributed by atoms with van der Waals surface area (Å²) in [5, 5.41) is 2.61. The van der Waals surface area contributed by atoms with Crippen molar-refractivity contribution < 1.29 is 13.2 Å². The molecule has 1 nitrogen and oxygen atoms in total. The van der Waals surface area contributed by atoms with Gasteiger partial charge >= 0.3 is 6.18 Å². The number of rotatable bonds is 2. The first kappa shape index (κ1) is 9.98. The first-order chi connectivity index (χ1) is 6.04. The third-order valence-electron chi connectivity index (χ3n) is 1.44. The van der Waals surface area contributed by atoms with Gasteiger partial charge in [0.25, 0.3) is 0 Å². The minimum absolute atomic E-state index is 0.544. The van der Waals surface area contributed by atoms with Crippen molar-refractivity contribution >= 4 is 23.4 Å². The average Bonchev–Trinajstić information content (AvgIpc) is 2.04. The van der Waals surface area contributed by atoms with Gasteiger partial charge in [-0.15, -0.1) is 0 Å². The zero-order valence-corrected chi connectivity index (χ0v) is 7.25. The molecule has 0 saturated heterocycles. The summed E-state index contributed by atoms with van der Waals surface area (Å²) in [4.78, 5) is 0. The highest BCUT2D eigenvalue weighted by Gasteiger charge is 2.29. The minimum atomic E-state index is -4.28. The van der Waals surface area contributed by atoms with Crippen LogP contribution in [0.15, 0.2) is 24.3 Å². The number of alkyl halides is 3. The second-order valence-electron chi connectivity index (χ2n) is 2.34. The highest BCUT2D eigenvalue weighted by Crippen LogP contribution is 2.29. The van der Waals surface area contributed by atoms with Gasteiger partial charge in [0, 0.05) is 5.69 Å². The Morgan fingerprint density at radius 3 is 2.08 bits per heavy atom. The summed E-state index contributed by atoms with van der Waals surface area (Å²) in [5.41, 5.74) is 1.12. The summed E-state index contributed by atoms with van der Waals surface area (Å²) >= 11 is 4.48. The highest BCUT2D eigenvalue weighted by molar-refractivity contribution is 7.79. The summed E-state index contributed by atoms with van der Waals surface area (Å²) < 4.78 is 36.2. The summed E-state index contributed by atoms with van der Waals surface area (Å²) in [5.74, 6) is 0. The first-order valence-electron chi connectivity index (χ1n) is 3.41. The maximum absolute atomic E-state index is 12.1. The van der Waals surface area contributed by atoms with Gasteiger partial charge in [-0.3, -0.25) is 0 Å². The van der Waals surface area contributed by atoms with E-state index < -0.39 is 11.7 Å². The Morgan fingerprint density at radius 1 is 1.15 bits per heavy atom. The quantitative estimate of drug-likeness (QED) is 0.744. The number of nitrogens with one attached hydrogen (secondary N) is 1. The lowest BCUT2D eigenvalue weighted by atomic mass is 10.2. The van der Waals surface area contributed by atoms with Crippen molar-refractivity contribution in [3.8, 4) is 0 Å². The summed E-state index contributed by atoms with van der Waals surface area (Å²) in [7, 11) is 0. The Bertz CT molecular complexity index is 291. The van der Waals surface area contributed by atoms with Crippen LogP contribution in [0.1, 0.15) is 5.56 Å². The lowest BCUT2D eigenvalue weighted by Crippen LogP contribution is -2.04. The zero-order valence-electron chi connectivity index (χ0n) is 6.43. The number of anilines is 1. The third-order valence-corrected chi connectivity index (χ3v) is 1.56. The molecule has 1 rings (SSSR count). The first-order valence-corrected chi connectivity index (χ1v) is 3.88. The average molecular weight is 205 g/mol. The smallest absolute Gasteiger partial charge is 0.353 e. The molecule has 0 unspecified atom stereocenters. The van der Waals surface area contributed by atoms with Crippen LogP contribution in [0.2, 0.25) is 0 Å². The molecule has 0 heterocycles. The Labute approximate surface area is 78.6 Å². The largest absolute Gasteiger partial charge is 0.416 e. The molecule has 0 aliphatic heterocycles. The monoisotopic (exact) mass is 205 g/mol. The van der Waals surface area contributed by atoms with Crippen molar-refractivity contribution in [1.82, 2.24) is 0 Å². The van der Waals surface area contributed by atoms with Crippen molar-refractivity contribution in [2.45, 2.75) is 6.18 Å². The lowest BCUT2D eigenvalue weighted by Gasteiger charge is -2.06. The molecule has 0 fully saturated rings. The third kappa shape index (κ3) is 2.69. The maximum Gasteiger partial charge on any atom is 0.416 e. The van der Waals surface area contributed by atoms with Gasteiger partial charge in [0.2, 0.25) is 0 Å². The Morgan fingerprint density at radius 2 is 1.69 bits per heavy atom. The van der Waals surface area contributed by atoms with Crippen LogP contribution in [0, 0.1) is 0 Å². The molecule has 0 aliphatic rings. The molecule has 0 spiro atoms. The standard InChI is InChI=1S/C8H6F3NS/c9-8(10,11)6-1-3-7(4-2-6)12-5-13/h1-5H,(H,12,13). The molecule has 5 heteroatoms. The lowest BCUT2D eigenvalue weighted by molar-refractivity contribution is -0.137. The zero-order chi connectivity index (χ0) is 9.90. The molecule has 0 atom stereocenters. The predicted octanol–water partition coefficient (Wildman–Crippen LogP) is 3.07. The molecule has 0 aromatic heterocycles. The van der Waals surface area contributed by atoms with Gasteiger partial charge in [-0.25, -0.2) is 0 Å². The topological polar surface area (TPSA) is 12.0 Å². The number of benzene rings is 1. The molecule has 70 valence electrons. The van der Waals surface area contributed by atoms with E-state index in [9.17, 15) is 13.2 Å². The van der Waals surface area contributed by atoms with E-state index in [0.717, 1.165) is 12.1 Å². The summed E-state index contributed by atoms with van der Waals surface area (Å²) in [6.45, 7) is 0. The van der Waals surface area contributed by atoms with Crippen molar-refractivity contribution in [3.05, 3.63) is 29.8 Å². The fraction of sp³-hybridized carbons (Fsp3) is 0.125. The van der Waals surface area contributed by atoms with Crippen molar-refractivity contribution in [1.29, 1.82) is 0 Å². The van der Waals surface area contributed by atoms with E-state index >= 15 is 0 Å². The Balaban J connectivity index is 2.87. The SMILES string of the molecule is FC(F)(F)c1ccc(NC=S)cc1. The molecule has 1 aromatic rings. The van der Waals surface area contributed by atoms with Crippen LogP contribution in [0.4, 0.5) is 18.9 Å². The van der Waals surface area contributed by atoms with Gasteiger partial charge in [-0.2, -0.15) is 13.2 Å². The molecule has 13 heavy (non-hydrogen) atoms. The van der Waals surface area contributed by atoms with Gasteiger partial charge in [0.05, 0.1) is 11.1 Å².